The molecule has 1 saturated carbocycles. The number of hydrogen-bond donors (Lipinski definition) is 1. The summed E-state index contributed by atoms with van der Waals surface area (Å²) in [6.45, 7) is 0.118. The number of sulfone groups is 1. The summed E-state index contributed by atoms with van der Waals surface area (Å²) in [5.41, 5.74) is -0.779. The van der Waals surface area contributed by atoms with Crippen molar-refractivity contribution in [1.82, 2.24) is 4.98 Å². The van der Waals surface area contributed by atoms with Gasteiger partial charge in [0.25, 0.3) is 0 Å². The van der Waals surface area contributed by atoms with E-state index in [1.165, 1.54) is 6.07 Å². The highest BCUT2D eigenvalue weighted by atomic mass is 32.2. The fourth-order valence-corrected chi connectivity index (χ4v) is 2.95. The van der Waals surface area contributed by atoms with E-state index in [9.17, 15) is 21.6 Å². The second kappa shape index (κ2) is 4.36. The maximum Gasteiger partial charge on any atom is 0.433 e. The van der Waals surface area contributed by atoms with E-state index in [1.54, 1.807) is 0 Å². The van der Waals surface area contributed by atoms with Gasteiger partial charge in [0, 0.05) is 24.7 Å². The van der Waals surface area contributed by atoms with Gasteiger partial charge in [-0.1, -0.05) is 0 Å². The van der Waals surface area contributed by atoms with Crippen LogP contribution in [0.2, 0.25) is 0 Å². The molecule has 1 aromatic rings. The summed E-state index contributed by atoms with van der Waals surface area (Å²) in [7, 11) is -3.20. The van der Waals surface area contributed by atoms with Gasteiger partial charge in [-0.25, -0.2) is 8.42 Å². The van der Waals surface area contributed by atoms with Gasteiger partial charge in [0.1, 0.15) is 5.69 Å². The summed E-state index contributed by atoms with van der Waals surface area (Å²) in [5, 5.41) is 2.75. The van der Waals surface area contributed by atoms with Crippen LogP contribution in [-0.2, 0) is 16.0 Å². The Morgan fingerprint density at radius 2 is 2.05 bits per heavy atom. The Balaban J connectivity index is 2.09. The summed E-state index contributed by atoms with van der Waals surface area (Å²) in [6, 6.07) is 2.26. The van der Waals surface area contributed by atoms with Gasteiger partial charge in [-0.15, -0.1) is 0 Å². The van der Waals surface area contributed by atoms with Crippen molar-refractivity contribution in [3.8, 4) is 0 Å². The molecule has 0 radical (unpaired) electrons. The summed E-state index contributed by atoms with van der Waals surface area (Å²) >= 11 is 0. The minimum Gasteiger partial charge on any atom is -0.383 e. The average Bonchev–Trinajstić information content (AvgIpc) is 3.06. The van der Waals surface area contributed by atoms with E-state index in [0.717, 1.165) is 18.5 Å². The van der Waals surface area contributed by atoms with Gasteiger partial charge in [0.15, 0.2) is 9.84 Å². The molecule has 1 aromatic heterocycles. The third-order valence-corrected chi connectivity index (χ3v) is 5.39. The van der Waals surface area contributed by atoms with Crippen LogP contribution in [0.1, 0.15) is 18.5 Å². The molecule has 0 unspecified atom stereocenters. The lowest BCUT2D eigenvalue weighted by Gasteiger charge is -2.15. The van der Waals surface area contributed by atoms with E-state index in [2.05, 4.69) is 10.3 Å². The zero-order chi connectivity index (χ0) is 14.3. The Bertz CT molecular complexity index is 580. The number of nitrogens with one attached hydrogen (secondary N) is 1. The van der Waals surface area contributed by atoms with Crippen molar-refractivity contribution < 1.29 is 21.6 Å². The van der Waals surface area contributed by atoms with Gasteiger partial charge in [-0.3, -0.25) is 4.98 Å². The molecule has 0 atom stereocenters. The van der Waals surface area contributed by atoms with Crippen LogP contribution < -0.4 is 5.32 Å². The first-order valence-electron chi connectivity index (χ1n) is 5.61. The zero-order valence-corrected chi connectivity index (χ0v) is 11.0. The van der Waals surface area contributed by atoms with Gasteiger partial charge in [0.2, 0.25) is 0 Å². The highest BCUT2D eigenvalue weighted by Gasteiger charge is 2.51. The SMILES string of the molecule is CS(=O)(=O)C1(CNc2ccnc(C(F)(F)F)c2)CC1. The third kappa shape index (κ3) is 2.99. The highest BCUT2D eigenvalue weighted by Crippen LogP contribution is 2.43. The van der Waals surface area contributed by atoms with Gasteiger partial charge < -0.3 is 5.32 Å². The number of anilines is 1. The average molecular weight is 294 g/mol. The third-order valence-electron chi connectivity index (χ3n) is 3.26. The predicted molar refractivity (Wildman–Crippen MR) is 64.5 cm³/mol. The second-order valence-corrected chi connectivity index (χ2v) is 7.15. The number of nitrogens with zero attached hydrogens (tertiary/aromatic N) is 1. The van der Waals surface area contributed by atoms with Crippen LogP contribution in [0, 0.1) is 0 Å². The summed E-state index contributed by atoms with van der Waals surface area (Å²) in [4.78, 5) is 3.24. The summed E-state index contributed by atoms with van der Waals surface area (Å²) in [6.07, 6.45) is -1.24. The molecule has 2 rings (SSSR count). The molecule has 0 aromatic carbocycles. The van der Waals surface area contributed by atoms with Crippen LogP contribution in [0.4, 0.5) is 18.9 Å². The molecule has 1 aliphatic rings. The van der Waals surface area contributed by atoms with Crippen LogP contribution in [0.3, 0.4) is 0 Å². The largest absolute Gasteiger partial charge is 0.433 e. The van der Waals surface area contributed by atoms with E-state index >= 15 is 0 Å². The minimum atomic E-state index is -4.51. The lowest BCUT2D eigenvalue weighted by atomic mass is 10.3. The molecule has 0 spiro atoms. The van der Waals surface area contributed by atoms with Crippen molar-refractivity contribution in [2.75, 3.05) is 18.1 Å². The predicted octanol–water partition coefficient (Wildman–Crippen LogP) is 2.09. The van der Waals surface area contributed by atoms with Gasteiger partial charge in [0.05, 0.1) is 4.75 Å². The van der Waals surface area contributed by atoms with E-state index in [0.29, 0.717) is 12.8 Å². The zero-order valence-electron chi connectivity index (χ0n) is 10.2. The minimum absolute atomic E-state index is 0.118. The Hall–Kier alpha value is -1.31. The maximum atomic E-state index is 12.5. The maximum absolute atomic E-state index is 12.5. The Kier molecular flexibility index (Phi) is 3.24. The number of alkyl halides is 3. The first kappa shape index (κ1) is 14.1. The van der Waals surface area contributed by atoms with Crippen LogP contribution in [0.25, 0.3) is 0 Å². The fourth-order valence-electron chi connectivity index (χ4n) is 1.78. The van der Waals surface area contributed by atoms with Gasteiger partial charge >= 0.3 is 6.18 Å². The van der Waals surface area contributed by atoms with Gasteiger partial charge in [-0.05, 0) is 25.0 Å². The number of pyridine rings is 1. The normalized spacial score (nSPS) is 18.1. The van der Waals surface area contributed by atoms with Crippen molar-refractivity contribution in [3.05, 3.63) is 24.0 Å². The molecular weight excluding hydrogens is 281 g/mol. The van der Waals surface area contributed by atoms with Crippen molar-refractivity contribution in [3.63, 3.8) is 0 Å². The molecule has 19 heavy (non-hydrogen) atoms. The van der Waals surface area contributed by atoms with Crippen molar-refractivity contribution in [1.29, 1.82) is 0 Å². The van der Waals surface area contributed by atoms with E-state index in [-0.39, 0.29) is 12.2 Å². The topological polar surface area (TPSA) is 59.1 Å². The van der Waals surface area contributed by atoms with Gasteiger partial charge in [-0.2, -0.15) is 13.2 Å². The lowest BCUT2D eigenvalue weighted by Crippen LogP contribution is -2.30. The first-order chi connectivity index (χ1) is 8.64. The number of aromatic nitrogens is 1. The monoisotopic (exact) mass is 294 g/mol. The second-order valence-electron chi connectivity index (χ2n) is 4.74. The Morgan fingerprint density at radius 3 is 2.53 bits per heavy atom. The number of hydrogen-bond acceptors (Lipinski definition) is 4. The van der Waals surface area contributed by atoms with Crippen LogP contribution in [0.5, 0.6) is 0 Å². The molecule has 0 amide bonds. The number of halogens is 3. The molecule has 0 aliphatic heterocycles. The molecule has 1 fully saturated rings. The molecule has 0 saturated heterocycles. The quantitative estimate of drug-likeness (QED) is 0.923. The van der Waals surface area contributed by atoms with Crippen LogP contribution in [0.15, 0.2) is 18.3 Å². The van der Waals surface area contributed by atoms with Crippen LogP contribution >= 0.6 is 0 Å². The Morgan fingerprint density at radius 1 is 1.42 bits per heavy atom. The fraction of sp³-hybridized carbons (Fsp3) is 0.545. The molecular formula is C11H13F3N2O2S. The number of rotatable bonds is 4. The lowest BCUT2D eigenvalue weighted by molar-refractivity contribution is -0.141. The Labute approximate surface area is 109 Å². The van der Waals surface area contributed by atoms with Crippen molar-refractivity contribution in [2.24, 2.45) is 0 Å². The molecule has 106 valence electrons. The molecule has 4 nitrogen and oxygen atoms in total. The molecule has 0 bridgehead atoms. The molecule has 1 aliphatic carbocycles. The van der Waals surface area contributed by atoms with E-state index < -0.39 is 26.5 Å². The standard InChI is InChI=1S/C11H13F3N2O2S/c1-19(17,18)10(3-4-10)7-16-8-2-5-15-9(6-8)11(12,13)14/h2,5-6H,3-4,7H2,1H3,(H,15,16). The summed E-state index contributed by atoms with van der Waals surface area (Å²) < 4.78 is 59.6. The highest BCUT2D eigenvalue weighted by molar-refractivity contribution is 7.92. The molecule has 1 heterocycles. The van der Waals surface area contributed by atoms with Crippen molar-refractivity contribution in [2.45, 2.75) is 23.8 Å². The van der Waals surface area contributed by atoms with Crippen LogP contribution in [-0.4, -0.2) is 30.9 Å². The van der Waals surface area contributed by atoms with Crippen molar-refractivity contribution >= 4 is 15.5 Å². The smallest absolute Gasteiger partial charge is 0.383 e. The van der Waals surface area contributed by atoms with E-state index in [4.69, 9.17) is 0 Å². The summed E-state index contributed by atoms with van der Waals surface area (Å²) in [5.74, 6) is 0. The first-order valence-corrected chi connectivity index (χ1v) is 7.50. The molecule has 8 heteroatoms. The molecule has 1 N–H and O–H groups in total. The van der Waals surface area contributed by atoms with E-state index in [1.807, 2.05) is 0 Å².